The average Bonchev–Trinajstić information content (AvgIpc) is 1.86. The molecular formula is C10H21N. The molecule has 0 spiro atoms. The molecule has 0 amide bonds. The third kappa shape index (κ3) is 7.34. The van der Waals surface area contributed by atoms with Crippen molar-refractivity contribution >= 4 is 0 Å². The predicted molar refractivity (Wildman–Crippen MR) is 53.1 cm³/mol. The van der Waals surface area contributed by atoms with Gasteiger partial charge in [0.1, 0.15) is 0 Å². The van der Waals surface area contributed by atoms with Crippen LogP contribution in [0.2, 0.25) is 0 Å². The highest BCUT2D eigenvalue weighted by Gasteiger charge is 1.90. The summed E-state index contributed by atoms with van der Waals surface area (Å²) in [5.41, 5.74) is 2.69. The first-order valence-electron chi connectivity index (χ1n) is 4.05. The van der Waals surface area contributed by atoms with Crippen molar-refractivity contribution in [3.8, 4) is 0 Å². The van der Waals surface area contributed by atoms with Crippen LogP contribution in [0.25, 0.3) is 0 Å². The summed E-state index contributed by atoms with van der Waals surface area (Å²) >= 11 is 0. The zero-order valence-electron chi connectivity index (χ0n) is 8.11. The molecule has 1 heteroatoms. The first-order chi connectivity index (χ1) is 4.70. The Balaban J connectivity index is 0. The molecule has 0 saturated carbocycles. The van der Waals surface area contributed by atoms with Crippen molar-refractivity contribution < 1.29 is 0 Å². The molecule has 0 radical (unpaired) electrons. The lowest BCUT2D eigenvalue weighted by Crippen LogP contribution is -1.80. The number of hydrogen-bond donors (Lipinski definition) is 1. The smallest absolute Gasteiger partial charge is 0.0320 e. The maximum atomic E-state index is 3.85. The lowest BCUT2D eigenvalue weighted by atomic mass is 10.1. The fourth-order valence-electron chi connectivity index (χ4n) is 1.02. The van der Waals surface area contributed by atoms with Gasteiger partial charge in [-0.2, -0.15) is 0 Å². The van der Waals surface area contributed by atoms with Crippen molar-refractivity contribution in [2.45, 2.75) is 40.0 Å². The minimum atomic E-state index is 0. The van der Waals surface area contributed by atoms with E-state index in [2.05, 4.69) is 26.5 Å². The molecule has 0 unspecified atom stereocenters. The summed E-state index contributed by atoms with van der Waals surface area (Å²) in [6, 6.07) is 0. The van der Waals surface area contributed by atoms with Gasteiger partial charge in [-0.25, -0.2) is 0 Å². The zero-order chi connectivity index (χ0) is 7.98. The molecule has 0 aliphatic carbocycles. The fraction of sp³-hybridized carbons (Fsp3) is 0.600. The zero-order valence-corrected chi connectivity index (χ0v) is 8.11. The van der Waals surface area contributed by atoms with Gasteiger partial charge in [-0.15, -0.1) is 0 Å². The van der Waals surface area contributed by atoms with E-state index in [1.807, 2.05) is 6.92 Å². The molecule has 0 aromatic carbocycles. The maximum Gasteiger partial charge on any atom is -0.0320 e. The Kier molecular flexibility index (Phi) is 8.96. The molecular weight excluding hydrogens is 134 g/mol. The van der Waals surface area contributed by atoms with Crippen LogP contribution in [-0.4, -0.2) is 0 Å². The Labute approximate surface area is 70.8 Å². The highest BCUT2D eigenvalue weighted by atomic mass is 14.0. The van der Waals surface area contributed by atoms with Gasteiger partial charge in [0.15, 0.2) is 0 Å². The van der Waals surface area contributed by atoms with Gasteiger partial charge in [0, 0.05) is 0 Å². The van der Waals surface area contributed by atoms with Crippen LogP contribution in [0, 0.1) is 0 Å². The van der Waals surface area contributed by atoms with Crippen molar-refractivity contribution in [1.29, 1.82) is 0 Å². The van der Waals surface area contributed by atoms with Crippen LogP contribution in [0.5, 0.6) is 0 Å². The van der Waals surface area contributed by atoms with Crippen molar-refractivity contribution in [2.75, 3.05) is 0 Å². The van der Waals surface area contributed by atoms with Crippen molar-refractivity contribution in [3.05, 3.63) is 23.8 Å². The van der Waals surface area contributed by atoms with Crippen LogP contribution in [0.3, 0.4) is 0 Å². The van der Waals surface area contributed by atoms with E-state index >= 15 is 0 Å². The van der Waals surface area contributed by atoms with E-state index in [0.29, 0.717) is 0 Å². The standard InChI is InChI=1S/C10H18.H3N/c1-5-7-10(6-2)8-9(3)4;/h8H,3,5-7H2,1-2,4H3;1H3/b10-8-;. The molecule has 3 N–H and O–H groups in total. The summed E-state index contributed by atoms with van der Waals surface area (Å²) in [5, 5.41) is 0. The highest BCUT2D eigenvalue weighted by Crippen LogP contribution is 2.10. The second-order valence-electron chi connectivity index (χ2n) is 2.75. The first-order valence-corrected chi connectivity index (χ1v) is 4.05. The van der Waals surface area contributed by atoms with Crippen molar-refractivity contribution in [3.63, 3.8) is 0 Å². The van der Waals surface area contributed by atoms with E-state index in [1.54, 1.807) is 0 Å². The molecule has 0 heterocycles. The monoisotopic (exact) mass is 155 g/mol. The Morgan fingerprint density at radius 1 is 1.36 bits per heavy atom. The van der Waals surface area contributed by atoms with E-state index < -0.39 is 0 Å². The third-order valence-corrected chi connectivity index (χ3v) is 1.48. The molecule has 0 aromatic heterocycles. The second kappa shape index (κ2) is 7.55. The molecule has 0 aromatic rings. The fourth-order valence-corrected chi connectivity index (χ4v) is 1.02. The highest BCUT2D eigenvalue weighted by molar-refractivity contribution is 5.18. The topological polar surface area (TPSA) is 35.0 Å². The maximum absolute atomic E-state index is 3.85. The molecule has 0 aliphatic heterocycles. The van der Waals surface area contributed by atoms with Gasteiger partial charge in [-0.05, 0) is 19.8 Å². The van der Waals surface area contributed by atoms with E-state index in [1.165, 1.54) is 30.4 Å². The Bertz CT molecular complexity index is 134. The lowest BCUT2D eigenvalue weighted by molar-refractivity contribution is 0.857. The number of allylic oxidation sites excluding steroid dienone is 3. The third-order valence-electron chi connectivity index (χ3n) is 1.48. The summed E-state index contributed by atoms with van der Waals surface area (Å²) < 4.78 is 0. The minimum Gasteiger partial charge on any atom is -0.344 e. The molecule has 0 rings (SSSR count). The molecule has 0 atom stereocenters. The molecule has 0 aliphatic rings. The molecule has 1 nitrogen and oxygen atoms in total. The van der Waals surface area contributed by atoms with E-state index in [9.17, 15) is 0 Å². The van der Waals surface area contributed by atoms with Crippen molar-refractivity contribution in [2.24, 2.45) is 0 Å². The quantitative estimate of drug-likeness (QED) is 0.615. The SMILES string of the molecule is C=C(C)/C=C(/CC)CCC.N. The number of rotatable bonds is 4. The summed E-state index contributed by atoms with van der Waals surface area (Å²) in [5.74, 6) is 0. The van der Waals surface area contributed by atoms with Gasteiger partial charge < -0.3 is 6.15 Å². The largest absolute Gasteiger partial charge is 0.344 e. The van der Waals surface area contributed by atoms with Gasteiger partial charge >= 0.3 is 0 Å². The summed E-state index contributed by atoms with van der Waals surface area (Å²) in [7, 11) is 0. The summed E-state index contributed by atoms with van der Waals surface area (Å²) in [6.45, 7) is 10.3. The molecule has 0 bridgehead atoms. The average molecular weight is 155 g/mol. The van der Waals surface area contributed by atoms with E-state index in [4.69, 9.17) is 0 Å². The summed E-state index contributed by atoms with van der Waals surface area (Å²) in [4.78, 5) is 0. The van der Waals surface area contributed by atoms with Crippen LogP contribution in [0.15, 0.2) is 23.8 Å². The van der Waals surface area contributed by atoms with E-state index in [0.717, 1.165) is 0 Å². The molecule has 11 heavy (non-hydrogen) atoms. The Hall–Kier alpha value is -0.560. The van der Waals surface area contributed by atoms with Crippen LogP contribution in [-0.2, 0) is 0 Å². The summed E-state index contributed by atoms with van der Waals surface area (Å²) in [6.07, 6.45) is 5.83. The normalized spacial score (nSPS) is 10.6. The molecule has 0 saturated heterocycles. The Morgan fingerprint density at radius 3 is 2.18 bits per heavy atom. The van der Waals surface area contributed by atoms with Gasteiger partial charge in [-0.1, -0.05) is 44.1 Å². The van der Waals surface area contributed by atoms with E-state index in [-0.39, 0.29) is 6.15 Å². The van der Waals surface area contributed by atoms with Gasteiger partial charge in [0.25, 0.3) is 0 Å². The minimum absolute atomic E-state index is 0. The molecule has 0 fully saturated rings. The first kappa shape index (κ1) is 13.1. The van der Waals surface area contributed by atoms with Crippen LogP contribution in [0.4, 0.5) is 0 Å². The Morgan fingerprint density at radius 2 is 1.91 bits per heavy atom. The predicted octanol–water partition coefficient (Wildman–Crippen LogP) is 3.86. The van der Waals surface area contributed by atoms with Crippen LogP contribution < -0.4 is 6.15 Å². The number of hydrogen-bond acceptors (Lipinski definition) is 1. The van der Waals surface area contributed by atoms with Gasteiger partial charge in [-0.3, -0.25) is 0 Å². The second-order valence-corrected chi connectivity index (χ2v) is 2.75. The molecule has 66 valence electrons. The van der Waals surface area contributed by atoms with Crippen LogP contribution >= 0.6 is 0 Å². The van der Waals surface area contributed by atoms with Gasteiger partial charge in [0.2, 0.25) is 0 Å². The van der Waals surface area contributed by atoms with Crippen LogP contribution in [0.1, 0.15) is 40.0 Å². The lowest BCUT2D eigenvalue weighted by Gasteiger charge is -2.00. The van der Waals surface area contributed by atoms with Crippen molar-refractivity contribution in [1.82, 2.24) is 6.15 Å². The van der Waals surface area contributed by atoms with Gasteiger partial charge in [0.05, 0.1) is 0 Å².